The van der Waals surface area contributed by atoms with Gasteiger partial charge >= 0.3 is 0 Å². The van der Waals surface area contributed by atoms with Crippen LogP contribution in [0.15, 0.2) is 11.6 Å². The number of carbonyl (C=O) groups is 1. The average molecular weight is 315 g/mol. The number of amides is 1. The van der Waals surface area contributed by atoms with Crippen molar-refractivity contribution >= 4 is 20.5 Å². The van der Waals surface area contributed by atoms with E-state index in [1.54, 1.807) is 12.6 Å². The third kappa shape index (κ3) is 3.88. The molecule has 0 radical (unpaired) electrons. The van der Waals surface area contributed by atoms with E-state index in [9.17, 15) is 4.79 Å². The van der Waals surface area contributed by atoms with Crippen molar-refractivity contribution in [2.45, 2.75) is 83.6 Å². The van der Waals surface area contributed by atoms with Gasteiger partial charge in [0.05, 0.1) is 0 Å². The Kier molecular flexibility index (Phi) is 5.14. The van der Waals surface area contributed by atoms with Gasteiger partial charge in [-0.1, -0.05) is 69.5 Å². The fraction of sp³-hybridized carbons (Fsp3) is 0.842. The Hall–Kier alpha value is -0.660. The van der Waals surface area contributed by atoms with Crippen LogP contribution in [0.3, 0.4) is 0 Å². The Morgan fingerprint density at radius 2 is 1.83 bits per heavy atom. The fourth-order valence-electron chi connectivity index (χ4n) is 4.74. The molecule has 1 saturated heterocycles. The highest BCUT2D eigenvalue weighted by Crippen LogP contribution is 2.59. The Labute approximate surface area is 144 Å². The van der Waals surface area contributed by atoms with Gasteiger partial charge in [0.1, 0.15) is 14.6 Å². The molecule has 2 nitrogen and oxygen atoms in total. The summed E-state index contributed by atoms with van der Waals surface area (Å²) in [6.45, 7) is 13.9. The van der Waals surface area contributed by atoms with Crippen molar-refractivity contribution in [3.8, 4) is 0 Å². The van der Waals surface area contributed by atoms with E-state index >= 15 is 0 Å². The van der Waals surface area contributed by atoms with E-state index in [4.69, 9.17) is 0 Å². The van der Waals surface area contributed by atoms with Crippen molar-refractivity contribution in [3.63, 3.8) is 0 Å². The maximum atomic E-state index is 12.0. The summed E-state index contributed by atoms with van der Waals surface area (Å²) in [7, 11) is 4.41. The minimum Gasteiger partial charge on any atom is -0.359 e. The van der Waals surface area contributed by atoms with Gasteiger partial charge in [-0.15, -0.1) is 0 Å². The molecule has 0 saturated carbocycles. The van der Waals surface area contributed by atoms with Gasteiger partial charge in [-0.3, -0.25) is 4.79 Å². The summed E-state index contributed by atoms with van der Waals surface area (Å²) < 4.78 is 0. The quantitative estimate of drug-likeness (QED) is 0.618. The zero-order valence-electron chi connectivity index (χ0n) is 16.4. The van der Waals surface area contributed by atoms with E-state index < -0.39 is 0 Å². The zero-order chi connectivity index (χ0) is 17.5. The fourth-order valence-corrected chi connectivity index (χ4v) is 4.74. The van der Waals surface area contributed by atoms with Gasteiger partial charge in [-0.25, -0.2) is 0 Å². The Morgan fingerprint density at radius 3 is 2.26 bits per heavy atom. The highest BCUT2D eigenvalue weighted by molar-refractivity contribution is 6.70. The van der Waals surface area contributed by atoms with Gasteiger partial charge < -0.3 is 5.32 Å². The number of allylic oxidation sites excluding steroid dienone is 2. The van der Waals surface area contributed by atoms with Crippen molar-refractivity contribution in [1.29, 1.82) is 0 Å². The van der Waals surface area contributed by atoms with Crippen LogP contribution in [0.5, 0.6) is 0 Å². The van der Waals surface area contributed by atoms with Gasteiger partial charge in [0.15, 0.2) is 0 Å². The Balaban J connectivity index is 1.96. The Morgan fingerprint density at radius 1 is 1.26 bits per heavy atom. The van der Waals surface area contributed by atoms with Crippen LogP contribution < -0.4 is 5.32 Å². The first-order valence-electron chi connectivity index (χ1n) is 9.40. The molecule has 0 aromatic carbocycles. The van der Waals surface area contributed by atoms with Gasteiger partial charge in [0, 0.05) is 12.5 Å². The molecule has 1 atom stereocenters. The molecule has 1 aliphatic heterocycles. The molecule has 1 aliphatic carbocycles. The smallest absolute Gasteiger partial charge is 0.225 e. The van der Waals surface area contributed by atoms with Crippen molar-refractivity contribution < 1.29 is 4.79 Å². The second kappa shape index (κ2) is 6.33. The first-order chi connectivity index (χ1) is 10.5. The molecule has 0 aromatic heterocycles. The van der Waals surface area contributed by atoms with Gasteiger partial charge in [0.2, 0.25) is 5.91 Å². The molecule has 1 amide bonds. The summed E-state index contributed by atoms with van der Waals surface area (Å²) in [4.78, 5) is 12.0. The van der Waals surface area contributed by atoms with E-state index in [-0.39, 0.29) is 11.3 Å². The van der Waals surface area contributed by atoms with Gasteiger partial charge in [-0.05, 0) is 31.6 Å². The molecule has 128 valence electrons. The maximum absolute atomic E-state index is 12.0. The van der Waals surface area contributed by atoms with E-state index in [1.165, 1.54) is 27.4 Å². The summed E-state index contributed by atoms with van der Waals surface area (Å²) in [5.74, 6) is 0.833. The molecule has 0 spiro atoms. The van der Waals surface area contributed by atoms with Crippen molar-refractivity contribution in [2.24, 2.45) is 11.3 Å². The standard InChI is InChI=1S/C19H35B2NO/c1-17(2,16(23)22-7)12-13-8-10-14(11-9-13)15-20-18(3,4)19(5,6)21-15/h10,13,15,20-21H,8-9,11-12H2,1-7H3,(H,22,23). The van der Waals surface area contributed by atoms with Crippen molar-refractivity contribution in [2.75, 3.05) is 7.05 Å². The predicted octanol–water partition coefficient (Wildman–Crippen LogP) is 3.90. The number of carbonyl (C=O) groups excluding carboxylic acids is 1. The minimum atomic E-state index is -0.248. The van der Waals surface area contributed by atoms with E-state index in [2.05, 4.69) is 52.9 Å². The van der Waals surface area contributed by atoms with Crippen LogP contribution in [-0.2, 0) is 4.79 Å². The summed E-state index contributed by atoms with van der Waals surface area (Å²) in [6, 6.07) is 0. The number of hydrogen-bond donors (Lipinski definition) is 1. The molecule has 1 unspecified atom stereocenters. The lowest BCUT2D eigenvalue weighted by Crippen LogP contribution is -2.36. The Bertz CT molecular complexity index is 478. The zero-order valence-corrected chi connectivity index (χ0v) is 16.4. The SMILES string of the molecule is CNC(=O)C(C)(C)CC1CC=C(C2BC(C)(C)C(C)(C)B2)CC1. The lowest BCUT2D eigenvalue weighted by molar-refractivity contribution is -0.129. The van der Waals surface area contributed by atoms with Crippen LogP contribution in [0.2, 0.25) is 16.3 Å². The molecule has 4 heteroatoms. The van der Waals surface area contributed by atoms with Crippen LogP contribution in [0.1, 0.15) is 67.2 Å². The summed E-state index contributed by atoms with van der Waals surface area (Å²) >= 11 is 0. The normalized spacial score (nSPS) is 26.9. The number of nitrogens with one attached hydrogen (secondary N) is 1. The highest BCUT2D eigenvalue weighted by Gasteiger charge is 2.48. The second-order valence-corrected chi connectivity index (χ2v) is 9.96. The van der Waals surface area contributed by atoms with Crippen LogP contribution in [0, 0.1) is 11.3 Å². The van der Waals surface area contributed by atoms with Gasteiger partial charge in [-0.2, -0.15) is 0 Å². The summed E-state index contributed by atoms with van der Waals surface area (Å²) in [5, 5.41) is 3.69. The number of hydrogen-bond acceptors (Lipinski definition) is 1. The van der Waals surface area contributed by atoms with Crippen molar-refractivity contribution in [3.05, 3.63) is 11.6 Å². The molecule has 0 aromatic rings. The maximum Gasteiger partial charge on any atom is 0.225 e. The molecule has 1 N–H and O–H groups in total. The van der Waals surface area contributed by atoms with Gasteiger partial charge in [0.25, 0.3) is 0 Å². The second-order valence-electron chi connectivity index (χ2n) is 9.96. The lowest BCUT2D eigenvalue weighted by Gasteiger charge is -2.34. The highest BCUT2D eigenvalue weighted by atomic mass is 16.2. The molecular weight excluding hydrogens is 280 g/mol. The molecule has 2 rings (SSSR count). The van der Waals surface area contributed by atoms with E-state index in [0.717, 1.165) is 18.6 Å². The first kappa shape index (κ1) is 18.7. The van der Waals surface area contributed by atoms with E-state index in [1.807, 2.05) is 0 Å². The third-order valence-electron chi connectivity index (χ3n) is 7.07. The summed E-state index contributed by atoms with van der Waals surface area (Å²) in [6.07, 6.45) is 7.18. The van der Waals surface area contributed by atoms with Crippen LogP contribution >= 0.6 is 0 Å². The van der Waals surface area contributed by atoms with E-state index in [0.29, 0.717) is 16.5 Å². The predicted molar refractivity (Wildman–Crippen MR) is 104 cm³/mol. The molecular formula is C19H35B2NO. The minimum absolute atomic E-state index is 0.173. The molecule has 1 fully saturated rings. The van der Waals surface area contributed by atoms with Crippen LogP contribution in [0.25, 0.3) is 0 Å². The third-order valence-corrected chi connectivity index (χ3v) is 7.07. The van der Waals surface area contributed by atoms with Crippen LogP contribution in [-0.4, -0.2) is 27.5 Å². The van der Waals surface area contributed by atoms with Crippen molar-refractivity contribution in [1.82, 2.24) is 5.32 Å². The molecule has 23 heavy (non-hydrogen) atoms. The van der Waals surface area contributed by atoms with Crippen LogP contribution in [0.4, 0.5) is 0 Å². The molecule has 0 bridgehead atoms. The number of rotatable bonds is 4. The summed E-state index contributed by atoms with van der Waals surface area (Å²) in [5.41, 5.74) is 2.24. The molecule has 1 heterocycles. The lowest BCUT2D eigenvalue weighted by atomic mass is 9.45. The average Bonchev–Trinajstić information content (AvgIpc) is 2.67. The largest absolute Gasteiger partial charge is 0.359 e. The topological polar surface area (TPSA) is 29.1 Å². The first-order valence-corrected chi connectivity index (χ1v) is 9.40. The molecule has 2 aliphatic rings. The monoisotopic (exact) mass is 315 g/mol.